The SMILES string of the molecule is Cc1cc(CS(=O)(=O)Cc2c(C)cc(C(C)(C)C)cc2C)no1. The van der Waals surface area contributed by atoms with E-state index in [4.69, 9.17) is 4.52 Å². The number of aromatic nitrogens is 1. The van der Waals surface area contributed by atoms with Crippen molar-refractivity contribution in [3.05, 3.63) is 51.9 Å². The average Bonchev–Trinajstić information content (AvgIpc) is 2.77. The van der Waals surface area contributed by atoms with Crippen LogP contribution in [0.5, 0.6) is 0 Å². The molecule has 0 atom stereocenters. The molecule has 0 aliphatic heterocycles. The zero-order chi connectivity index (χ0) is 17.4. The Balaban J connectivity index is 2.29. The number of hydrogen-bond acceptors (Lipinski definition) is 4. The van der Waals surface area contributed by atoms with Gasteiger partial charge in [0.2, 0.25) is 0 Å². The van der Waals surface area contributed by atoms with Crippen LogP contribution in [-0.4, -0.2) is 13.6 Å². The number of aryl methyl sites for hydroxylation is 3. The van der Waals surface area contributed by atoms with Crippen molar-refractivity contribution in [1.82, 2.24) is 5.16 Å². The first-order valence-electron chi connectivity index (χ1n) is 7.71. The van der Waals surface area contributed by atoms with Gasteiger partial charge in [0.25, 0.3) is 0 Å². The summed E-state index contributed by atoms with van der Waals surface area (Å²) < 4.78 is 29.9. The Morgan fingerprint density at radius 3 is 2.00 bits per heavy atom. The minimum absolute atomic E-state index is 0.0288. The monoisotopic (exact) mass is 335 g/mol. The molecule has 1 aromatic heterocycles. The molecular weight excluding hydrogens is 310 g/mol. The molecule has 0 aliphatic rings. The minimum atomic E-state index is -3.29. The highest BCUT2D eigenvalue weighted by atomic mass is 32.2. The summed E-state index contributed by atoms with van der Waals surface area (Å²) in [4.78, 5) is 0. The van der Waals surface area contributed by atoms with Gasteiger partial charge in [0.05, 0.1) is 17.2 Å². The molecule has 0 aliphatic carbocycles. The Morgan fingerprint density at radius 2 is 1.57 bits per heavy atom. The fourth-order valence-electron chi connectivity index (χ4n) is 2.64. The van der Waals surface area contributed by atoms with Crippen molar-refractivity contribution in [2.24, 2.45) is 0 Å². The van der Waals surface area contributed by atoms with Crippen LogP contribution in [0.25, 0.3) is 0 Å². The van der Waals surface area contributed by atoms with E-state index in [0.717, 1.165) is 16.7 Å². The average molecular weight is 335 g/mol. The Labute approximate surface area is 138 Å². The van der Waals surface area contributed by atoms with E-state index in [1.54, 1.807) is 13.0 Å². The summed E-state index contributed by atoms with van der Waals surface area (Å²) in [6.45, 7) is 12.2. The van der Waals surface area contributed by atoms with Gasteiger partial charge in [-0.05, 0) is 48.4 Å². The number of benzene rings is 1. The van der Waals surface area contributed by atoms with Crippen LogP contribution in [-0.2, 0) is 26.8 Å². The van der Waals surface area contributed by atoms with Crippen LogP contribution in [0.1, 0.15) is 54.5 Å². The van der Waals surface area contributed by atoms with Gasteiger partial charge in [0.15, 0.2) is 9.84 Å². The topological polar surface area (TPSA) is 60.2 Å². The molecule has 126 valence electrons. The molecule has 0 radical (unpaired) electrons. The maximum Gasteiger partial charge on any atom is 0.160 e. The molecule has 2 rings (SSSR count). The number of rotatable bonds is 4. The number of sulfone groups is 1. The third kappa shape index (κ3) is 4.44. The summed E-state index contributed by atoms with van der Waals surface area (Å²) in [5.74, 6) is 0.558. The second-order valence-electron chi connectivity index (χ2n) is 7.30. The normalized spacial score (nSPS) is 12.6. The predicted molar refractivity (Wildman–Crippen MR) is 92.2 cm³/mol. The van der Waals surface area contributed by atoms with E-state index in [0.29, 0.717) is 11.5 Å². The molecular formula is C18H25NO3S. The fourth-order valence-corrected chi connectivity index (χ4v) is 4.22. The van der Waals surface area contributed by atoms with E-state index in [-0.39, 0.29) is 16.9 Å². The predicted octanol–water partition coefficient (Wildman–Crippen LogP) is 4.01. The first kappa shape index (κ1) is 17.7. The van der Waals surface area contributed by atoms with Gasteiger partial charge in [0.1, 0.15) is 5.76 Å². The van der Waals surface area contributed by atoms with Crippen molar-refractivity contribution in [3.63, 3.8) is 0 Å². The van der Waals surface area contributed by atoms with Gasteiger partial charge >= 0.3 is 0 Å². The zero-order valence-corrected chi connectivity index (χ0v) is 15.5. The summed E-state index contributed by atoms with van der Waals surface area (Å²) in [6, 6.07) is 5.86. The second-order valence-corrected chi connectivity index (χ2v) is 9.36. The van der Waals surface area contributed by atoms with Gasteiger partial charge in [-0.3, -0.25) is 0 Å². The molecule has 0 saturated carbocycles. The van der Waals surface area contributed by atoms with Crippen LogP contribution in [0.3, 0.4) is 0 Å². The standard InChI is InChI=1S/C18H25NO3S/c1-12-7-15(18(4,5)6)8-13(2)17(12)11-23(20,21)10-16-9-14(3)22-19-16/h7-9H,10-11H2,1-6H3. The first-order chi connectivity index (χ1) is 10.5. The maximum absolute atomic E-state index is 12.5. The van der Waals surface area contributed by atoms with Gasteiger partial charge < -0.3 is 4.52 Å². The van der Waals surface area contributed by atoms with Gasteiger partial charge in [0, 0.05) is 6.07 Å². The highest BCUT2D eigenvalue weighted by Gasteiger charge is 2.21. The molecule has 1 aromatic carbocycles. The molecule has 0 spiro atoms. The van der Waals surface area contributed by atoms with Crippen molar-refractivity contribution in [3.8, 4) is 0 Å². The lowest BCUT2D eigenvalue weighted by atomic mass is 9.84. The van der Waals surface area contributed by atoms with Crippen molar-refractivity contribution in [1.29, 1.82) is 0 Å². The molecule has 0 bridgehead atoms. The molecule has 0 amide bonds. The lowest BCUT2D eigenvalue weighted by Crippen LogP contribution is -2.14. The van der Waals surface area contributed by atoms with Gasteiger partial charge in [-0.15, -0.1) is 0 Å². The summed E-state index contributed by atoms with van der Waals surface area (Å²) in [5, 5.41) is 3.78. The summed E-state index contributed by atoms with van der Waals surface area (Å²) >= 11 is 0. The van der Waals surface area contributed by atoms with Crippen molar-refractivity contribution in [2.45, 2.75) is 58.5 Å². The quantitative estimate of drug-likeness (QED) is 0.847. The third-order valence-corrected chi connectivity index (χ3v) is 5.43. The van der Waals surface area contributed by atoms with Crippen LogP contribution in [0.15, 0.2) is 22.7 Å². The van der Waals surface area contributed by atoms with Crippen LogP contribution < -0.4 is 0 Å². The molecule has 4 nitrogen and oxygen atoms in total. The van der Waals surface area contributed by atoms with E-state index in [9.17, 15) is 8.42 Å². The molecule has 1 heterocycles. The van der Waals surface area contributed by atoms with Gasteiger partial charge in [-0.2, -0.15) is 0 Å². The van der Waals surface area contributed by atoms with Gasteiger partial charge in [-0.1, -0.05) is 38.1 Å². The molecule has 0 fully saturated rings. The van der Waals surface area contributed by atoms with E-state index in [1.807, 2.05) is 13.8 Å². The lowest BCUT2D eigenvalue weighted by Gasteiger charge is -2.22. The molecule has 0 unspecified atom stereocenters. The highest BCUT2D eigenvalue weighted by molar-refractivity contribution is 7.89. The lowest BCUT2D eigenvalue weighted by molar-refractivity contribution is 0.392. The Morgan fingerprint density at radius 1 is 1.00 bits per heavy atom. The van der Waals surface area contributed by atoms with Crippen molar-refractivity contribution < 1.29 is 12.9 Å². The maximum atomic E-state index is 12.5. The van der Waals surface area contributed by atoms with Crippen LogP contribution in [0.4, 0.5) is 0 Å². The van der Waals surface area contributed by atoms with Crippen LogP contribution in [0.2, 0.25) is 0 Å². The van der Waals surface area contributed by atoms with Crippen molar-refractivity contribution >= 4 is 9.84 Å². The highest BCUT2D eigenvalue weighted by Crippen LogP contribution is 2.28. The largest absolute Gasteiger partial charge is 0.361 e. The molecule has 23 heavy (non-hydrogen) atoms. The number of nitrogens with zero attached hydrogens (tertiary/aromatic N) is 1. The smallest absolute Gasteiger partial charge is 0.160 e. The van der Waals surface area contributed by atoms with Crippen LogP contribution in [0, 0.1) is 20.8 Å². The van der Waals surface area contributed by atoms with Crippen LogP contribution >= 0.6 is 0 Å². The summed E-state index contributed by atoms with van der Waals surface area (Å²) in [6.07, 6.45) is 0. The van der Waals surface area contributed by atoms with E-state index >= 15 is 0 Å². The Bertz CT molecular complexity index is 788. The fraction of sp³-hybridized carbons (Fsp3) is 0.500. The summed E-state index contributed by atoms with van der Waals surface area (Å²) in [5.41, 5.74) is 4.67. The Kier molecular flexibility index (Phi) is 4.71. The van der Waals surface area contributed by atoms with E-state index in [2.05, 4.69) is 38.1 Å². The molecule has 5 heteroatoms. The Hall–Kier alpha value is -1.62. The third-order valence-electron chi connectivity index (χ3n) is 3.97. The summed E-state index contributed by atoms with van der Waals surface area (Å²) in [7, 11) is -3.29. The van der Waals surface area contributed by atoms with E-state index < -0.39 is 9.84 Å². The molecule has 2 aromatic rings. The number of hydrogen-bond donors (Lipinski definition) is 0. The minimum Gasteiger partial charge on any atom is -0.361 e. The van der Waals surface area contributed by atoms with Gasteiger partial charge in [-0.25, -0.2) is 8.42 Å². The molecule has 0 saturated heterocycles. The zero-order valence-electron chi connectivity index (χ0n) is 14.7. The molecule has 0 N–H and O–H groups in total. The second kappa shape index (κ2) is 6.11. The van der Waals surface area contributed by atoms with E-state index in [1.165, 1.54) is 5.56 Å². The first-order valence-corrected chi connectivity index (χ1v) is 9.53. The van der Waals surface area contributed by atoms with Crippen molar-refractivity contribution in [2.75, 3.05) is 0 Å².